The maximum atomic E-state index is 8.94. The number of aliphatic imine (C=N–C) groups is 1. The minimum atomic E-state index is 0.594. The molecule has 0 bridgehead atoms. The summed E-state index contributed by atoms with van der Waals surface area (Å²) in [6, 6.07) is 17.5. The molecule has 2 aromatic rings. The molecular formula is C15H12N2. The second-order valence-corrected chi connectivity index (χ2v) is 3.80. The van der Waals surface area contributed by atoms with Crippen LogP contribution in [0.5, 0.6) is 0 Å². The van der Waals surface area contributed by atoms with Crippen LogP contribution >= 0.6 is 0 Å². The Bertz CT molecular complexity index is 592. The number of benzene rings is 2. The molecule has 2 aromatic carbocycles. The molecule has 0 aromatic heterocycles. The van der Waals surface area contributed by atoms with Gasteiger partial charge in [-0.15, -0.1) is 0 Å². The number of nitrogens with zero attached hydrogens (tertiary/aromatic N) is 2. The molecule has 17 heavy (non-hydrogen) atoms. The second kappa shape index (κ2) is 5.09. The SMILES string of the molecule is Cc1cccc(C=Nc2ccccc2C#N)c1. The first-order valence-corrected chi connectivity index (χ1v) is 5.39. The second-order valence-electron chi connectivity index (χ2n) is 3.80. The Kier molecular flexibility index (Phi) is 3.32. The molecule has 0 saturated heterocycles. The first-order valence-electron chi connectivity index (χ1n) is 5.39. The standard InChI is InChI=1S/C15H12N2/c1-12-5-4-6-13(9-12)11-17-15-8-3-2-7-14(15)10-16/h2-9,11H,1H3. The highest BCUT2D eigenvalue weighted by atomic mass is 14.7. The van der Waals surface area contributed by atoms with Crippen molar-refractivity contribution in [3.63, 3.8) is 0 Å². The Labute approximate surface area is 101 Å². The van der Waals surface area contributed by atoms with Gasteiger partial charge in [-0.1, -0.05) is 42.0 Å². The molecule has 0 atom stereocenters. The van der Waals surface area contributed by atoms with Crippen LogP contribution in [0.15, 0.2) is 53.5 Å². The van der Waals surface area contributed by atoms with Gasteiger partial charge in [-0.3, -0.25) is 4.99 Å². The molecule has 2 rings (SSSR count). The summed E-state index contributed by atoms with van der Waals surface area (Å²) in [4.78, 5) is 4.34. The third kappa shape index (κ3) is 2.79. The van der Waals surface area contributed by atoms with Crippen molar-refractivity contribution < 1.29 is 0 Å². The van der Waals surface area contributed by atoms with Crippen molar-refractivity contribution in [1.29, 1.82) is 5.26 Å². The summed E-state index contributed by atoms with van der Waals surface area (Å²) in [6.45, 7) is 2.04. The van der Waals surface area contributed by atoms with E-state index < -0.39 is 0 Å². The monoisotopic (exact) mass is 220 g/mol. The number of aryl methyl sites for hydroxylation is 1. The van der Waals surface area contributed by atoms with Crippen LogP contribution in [0, 0.1) is 18.3 Å². The summed E-state index contributed by atoms with van der Waals surface area (Å²) in [7, 11) is 0. The Hall–Kier alpha value is -2.40. The van der Waals surface area contributed by atoms with Gasteiger partial charge in [0.05, 0.1) is 11.3 Å². The molecular weight excluding hydrogens is 208 g/mol. The van der Waals surface area contributed by atoms with E-state index in [2.05, 4.69) is 17.1 Å². The fourth-order valence-corrected chi connectivity index (χ4v) is 1.58. The van der Waals surface area contributed by atoms with Crippen LogP contribution in [-0.4, -0.2) is 6.21 Å². The lowest BCUT2D eigenvalue weighted by atomic mass is 10.1. The third-order valence-electron chi connectivity index (χ3n) is 2.42. The van der Waals surface area contributed by atoms with Crippen LogP contribution in [-0.2, 0) is 0 Å². The molecule has 0 fully saturated rings. The van der Waals surface area contributed by atoms with Crippen LogP contribution in [0.4, 0.5) is 5.69 Å². The van der Waals surface area contributed by atoms with Crippen molar-refractivity contribution in [2.75, 3.05) is 0 Å². The smallest absolute Gasteiger partial charge is 0.101 e. The van der Waals surface area contributed by atoms with Gasteiger partial charge in [0.1, 0.15) is 6.07 Å². The van der Waals surface area contributed by atoms with E-state index in [1.807, 2.05) is 43.3 Å². The van der Waals surface area contributed by atoms with Crippen LogP contribution in [0.3, 0.4) is 0 Å². The van der Waals surface area contributed by atoms with Gasteiger partial charge in [0.15, 0.2) is 0 Å². The van der Waals surface area contributed by atoms with E-state index >= 15 is 0 Å². The number of para-hydroxylation sites is 1. The van der Waals surface area contributed by atoms with Gasteiger partial charge in [-0.2, -0.15) is 5.26 Å². The Morgan fingerprint density at radius 2 is 1.94 bits per heavy atom. The van der Waals surface area contributed by atoms with Crippen molar-refractivity contribution in [1.82, 2.24) is 0 Å². The van der Waals surface area contributed by atoms with E-state index in [-0.39, 0.29) is 0 Å². The molecule has 0 amide bonds. The summed E-state index contributed by atoms with van der Waals surface area (Å²) in [6.07, 6.45) is 1.78. The van der Waals surface area contributed by atoms with E-state index in [4.69, 9.17) is 5.26 Å². The summed E-state index contributed by atoms with van der Waals surface area (Å²) in [5.74, 6) is 0. The van der Waals surface area contributed by atoms with Crippen molar-refractivity contribution in [3.05, 3.63) is 65.2 Å². The lowest BCUT2D eigenvalue weighted by molar-refractivity contribution is 1.43. The first-order chi connectivity index (χ1) is 8.29. The molecule has 0 heterocycles. The van der Waals surface area contributed by atoms with Gasteiger partial charge in [0, 0.05) is 6.21 Å². The molecule has 82 valence electrons. The van der Waals surface area contributed by atoms with Crippen molar-refractivity contribution in [3.8, 4) is 6.07 Å². The van der Waals surface area contributed by atoms with Gasteiger partial charge >= 0.3 is 0 Å². The van der Waals surface area contributed by atoms with Gasteiger partial charge < -0.3 is 0 Å². The molecule has 2 heteroatoms. The van der Waals surface area contributed by atoms with Crippen LogP contribution < -0.4 is 0 Å². The predicted octanol–water partition coefficient (Wildman–Crippen LogP) is 3.62. The average molecular weight is 220 g/mol. The zero-order valence-electron chi connectivity index (χ0n) is 9.59. The van der Waals surface area contributed by atoms with E-state index in [0.29, 0.717) is 11.3 Å². The Balaban J connectivity index is 2.30. The molecule has 0 radical (unpaired) electrons. The average Bonchev–Trinajstić information content (AvgIpc) is 2.37. The van der Waals surface area contributed by atoms with Crippen LogP contribution in [0.25, 0.3) is 0 Å². The maximum absolute atomic E-state index is 8.94. The Morgan fingerprint density at radius 1 is 1.12 bits per heavy atom. The van der Waals surface area contributed by atoms with Gasteiger partial charge in [-0.25, -0.2) is 0 Å². The molecule has 0 N–H and O–H groups in total. The molecule has 0 aliphatic carbocycles. The zero-order valence-corrected chi connectivity index (χ0v) is 9.59. The van der Waals surface area contributed by atoms with Gasteiger partial charge in [0.2, 0.25) is 0 Å². The quantitative estimate of drug-likeness (QED) is 0.712. The molecule has 2 nitrogen and oxygen atoms in total. The minimum absolute atomic E-state index is 0.594. The zero-order chi connectivity index (χ0) is 12.1. The highest BCUT2D eigenvalue weighted by molar-refractivity contribution is 5.82. The highest BCUT2D eigenvalue weighted by Crippen LogP contribution is 2.17. The van der Waals surface area contributed by atoms with Crippen molar-refractivity contribution >= 4 is 11.9 Å². The molecule has 0 aliphatic rings. The topological polar surface area (TPSA) is 36.1 Å². The number of hydrogen-bond donors (Lipinski definition) is 0. The molecule has 0 unspecified atom stereocenters. The number of hydrogen-bond acceptors (Lipinski definition) is 2. The lowest BCUT2D eigenvalue weighted by Gasteiger charge is -1.97. The molecule has 0 spiro atoms. The molecule has 0 aliphatic heterocycles. The molecule has 0 saturated carbocycles. The van der Waals surface area contributed by atoms with Crippen molar-refractivity contribution in [2.24, 2.45) is 4.99 Å². The van der Waals surface area contributed by atoms with Crippen molar-refractivity contribution in [2.45, 2.75) is 6.92 Å². The largest absolute Gasteiger partial charge is 0.255 e. The summed E-state index contributed by atoms with van der Waals surface area (Å²) < 4.78 is 0. The van der Waals surface area contributed by atoms with Crippen LogP contribution in [0.2, 0.25) is 0 Å². The third-order valence-corrected chi connectivity index (χ3v) is 2.42. The Morgan fingerprint density at radius 3 is 2.71 bits per heavy atom. The fourth-order valence-electron chi connectivity index (χ4n) is 1.58. The summed E-state index contributed by atoms with van der Waals surface area (Å²) in [5.41, 5.74) is 3.54. The number of nitriles is 1. The van der Waals surface area contributed by atoms with E-state index in [0.717, 1.165) is 5.56 Å². The summed E-state index contributed by atoms with van der Waals surface area (Å²) in [5, 5.41) is 8.94. The fraction of sp³-hybridized carbons (Fsp3) is 0.0667. The van der Waals surface area contributed by atoms with E-state index in [9.17, 15) is 0 Å². The lowest BCUT2D eigenvalue weighted by Crippen LogP contribution is -1.82. The minimum Gasteiger partial charge on any atom is -0.255 e. The van der Waals surface area contributed by atoms with E-state index in [1.54, 1.807) is 12.3 Å². The predicted molar refractivity (Wildman–Crippen MR) is 69.6 cm³/mol. The number of rotatable bonds is 2. The van der Waals surface area contributed by atoms with Crippen LogP contribution in [0.1, 0.15) is 16.7 Å². The normalized spacial score (nSPS) is 10.4. The van der Waals surface area contributed by atoms with E-state index in [1.165, 1.54) is 5.56 Å². The van der Waals surface area contributed by atoms with Gasteiger partial charge in [0.25, 0.3) is 0 Å². The maximum Gasteiger partial charge on any atom is 0.101 e. The summed E-state index contributed by atoms with van der Waals surface area (Å²) >= 11 is 0. The highest BCUT2D eigenvalue weighted by Gasteiger charge is 1.96. The van der Waals surface area contributed by atoms with Gasteiger partial charge in [-0.05, 0) is 24.6 Å². The first kappa shape index (κ1) is 11.1.